The number of hydrogen-bond donors (Lipinski definition) is 1. The third-order valence-corrected chi connectivity index (χ3v) is 2.76. The summed E-state index contributed by atoms with van der Waals surface area (Å²) in [6.07, 6.45) is -0.253. The van der Waals surface area contributed by atoms with E-state index in [0.717, 1.165) is 10.5 Å². The number of rotatable bonds is 2. The molecule has 88 valence electrons. The topological polar surface area (TPSA) is 74.7 Å². The van der Waals surface area contributed by atoms with E-state index in [1.54, 1.807) is 19.1 Å². The van der Waals surface area contributed by atoms with Crippen LogP contribution in [0, 0.1) is 6.92 Å². The minimum absolute atomic E-state index is 0.227. The van der Waals surface area contributed by atoms with Gasteiger partial charge in [-0.2, -0.15) is 0 Å². The molecule has 5 heteroatoms. The molecule has 0 radical (unpaired) electrons. The molecule has 1 aliphatic heterocycles. The fourth-order valence-corrected chi connectivity index (χ4v) is 2.03. The van der Waals surface area contributed by atoms with Gasteiger partial charge in [0.2, 0.25) is 0 Å². The Labute approximate surface area is 97.7 Å². The van der Waals surface area contributed by atoms with Crippen LogP contribution in [0.3, 0.4) is 0 Å². The molecule has 0 spiro atoms. The second kappa shape index (κ2) is 3.69. The lowest BCUT2D eigenvalue weighted by atomic mass is 9.97. The monoisotopic (exact) mass is 233 g/mol. The van der Waals surface area contributed by atoms with Crippen LogP contribution < -0.4 is 0 Å². The first-order valence-electron chi connectivity index (χ1n) is 5.09. The molecule has 1 aliphatic rings. The van der Waals surface area contributed by atoms with E-state index < -0.39 is 11.9 Å². The average molecular weight is 233 g/mol. The van der Waals surface area contributed by atoms with Gasteiger partial charge in [-0.1, -0.05) is 6.07 Å². The second-order valence-electron chi connectivity index (χ2n) is 4.09. The summed E-state index contributed by atoms with van der Waals surface area (Å²) in [6, 6.07) is 3.25. The quantitative estimate of drug-likeness (QED) is 0.768. The van der Waals surface area contributed by atoms with Gasteiger partial charge in [0, 0.05) is 7.05 Å². The van der Waals surface area contributed by atoms with Gasteiger partial charge in [0.1, 0.15) is 0 Å². The van der Waals surface area contributed by atoms with Gasteiger partial charge < -0.3 is 5.11 Å². The number of amides is 2. The summed E-state index contributed by atoms with van der Waals surface area (Å²) in [4.78, 5) is 35.3. The summed E-state index contributed by atoms with van der Waals surface area (Å²) in [5.41, 5.74) is 1.70. The lowest BCUT2D eigenvalue weighted by molar-refractivity contribution is -0.136. The zero-order valence-electron chi connectivity index (χ0n) is 9.48. The maximum absolute atomic E-state index is 11.8. The lowest BCUT2D eigenvalue weighted by Crippen LogP contribution is -2.24. The molecule has 0 saturated heterocycles. The van der Waals surface area contributed by atoms with E-state index in [1.807, 2.05) is 0 Å². The number of carboxylic acid groups (broad SMARTS) is 1. The molecular formula is C12H11NO4. The van der Waals surface area contributed by atoms with E-state index in [2.05, 4.69) is 0 Å². The summed E-state index contributed by atoms with van der Waals surface area (Å²) in [5.74, 6) is -1.82. The van der Waals surface area contributed by atoms with Crippen molar-refractivity contribution in [2.45, 2.75) is 13.3 Å². The second-order valence-corrected chi connectivity index (χ2v) is 4.09. The third kappa shape index (κ3) is 1.69. The molecule has 0 fully saturated rings. The van der Waals surface area contributed by atoms with Gasteiger partial charge in [-0.3, -0.25) is 19.3 Å². The summed E-state index contributed by atoms with van der Waals surface area (Å²) in [5, 5.41) is 8.80. The first-order chi connectivity index (χ1) is 7.91. The predicted octanol–water partition coefficient (Wildman–Crippen LogP) is 0.848. The van der Waals surface area contributed by atoms with Crippen molar-refractivity contribution in [3.8, 4) is 0 Å². The summed E-state index contributed by atoms with van der Waals surface area (Å²) in [7, 11) is 1.39. The number of benzene rings is 1. The minimum atomic E-state index is -1.02. The van der Waals surface area contributed by atoms with Crippen LogP contribution in [-0.2, 0) is 11.2 Å². The van der Waals surface area contributed by atoms with E-state index in [9.17, 15) is 14.4 Å². The van der Waals surface area contributed by atoms with Crippen LogP contribution in [0.25, 0.3) is 0 Å². The van der Waals surface area contributed by atoms with Crippen molar-refractivity contribution in [1.29, 1.82) is 0 Å². The molecule has 0 atom stereocenters. The Morgan fingerprint density at radius 2 is 1.94 bits per heavy atom. The number of imide groups is 1. The molecule has 1 heterocycles. The van der Waals surface area contributed by atoms with Crippen molar-refractivity contribution >= 4 is 17.8 Å². The molecule has 2 rings (SSSR count). The van der Waals surface area contributed by atoms with Gasteiger partial charge in [-0.15, -0.1) is 0 Å². The standard InChI is InChI=1S/C12H11NO4/c1-6-3-7(5-9(14)15)10-8(4-6)11(16)13(2)12(10)17/h3-4H,5H2,1-2H3,(H,14,15). The van der Waals surface area contributed by atoms with Crippen molar-refractivity contribution in [1.82, 2.24) is 4.90 Å². The molecule has 0 aromatic heterocycles. The van der Waals surface area contributed by atoms with Gasteiger partial charge >= 0.3 is 5.97 Å². The Morgan fingerprint density at radius 3 is 2.53 bits per heavy atom. The fraction of sp³-hybridized carbons (Fsp3) is 0.250. The highest BCUT2D eigenvalue weighted by Gasteiger charge is 2.35. The van der Waals surface area contributed by atoms with Crippen molar-refractivity contribution in [2.24, 2.45) is 0 Å². The molecule has 0 aliphatic carbocycles. The number of aliphatic carboxylic acids is 1. The molecule has 17 heavy (non-hydrogen) atoms. The maximum Gasteiger partial charge on any atom is 0.307 e. The SMILES string of the molecule is Cc1cc(CC(=O)O)c2c(c1)C(=O)N(C)C2=O. The van der Waals surface area contributed by atoms with Crippen molar-refractivity contribution in [3.63, 3.8) is 0 Å². The van der Waals surface area contributed by atoms with Crippen LogP contribution in [0.4, 0.5) is 0 Å². The predicted molar refractivity (Wildman–Crippen MR) is 58.9 cm³/mol. The minimum Gasteiger partial charge on any atom is -0.481 e. The first kappa shape index (κ1) is 11.3. The molecule has 0 bridgehead atoms. The summed E-state index contributed by atoms with van der Waals surface area (Å²) in [6.45, 7) is 1.77. The molecule has 2 amide bonds. The molecule has 1 aromatic rings. The number of nitrogens with zero attached hydrogens (tertiary/aromatic N) is 1. The normalized spacial score (nSPS) is 14.1. The summed E-state index contributed by atoms with van der Waals surface area (Å²) >= 11 is 0. The maximum atomic E-state index is 11.8. The van der Waals surface area contributed by atoms with E-state index in [-0.39, 0.29) is 17.9 Å². The van der Waals surface area contributed by atoms with Gasteiger partial charge in [0.25, 0.3) is 11.8 Å². The molecule has 5 nitrogen and oxygen atoms in total. The number of hydrogen-bond acceptors (Lipinski definition) is 3. The van der Waals surface area contributed by atoms with E-state index in [4.69, 9.17) is 5.11 Å². The van der Waals surface area contributed by atoms with Gasteiger partial charge in [-0.25, -0.2) is 0 Å². The van der Waals surface area contributed by atoms with E-state index >= 15 is 0 Å². The van der Waals surface area contributed by atoms with Crippen LogP contribution in [0.15, 0.2) is 12.1 Å². The Kier molecular flexibility index (Phi) is 2.46. The molecule has 0 unspecified atom stereocenters. The molecule has 1 N–H and O–H groups in total. The summed E-state index contributed by atoms with van der Waals surface area (Å²) < 4.78 is 0. The zero-order valence-corrected chi connectivity index (χ0v) is 9.48. The van der Waals surface area contributed by atoms with Gasteiger partial charge in [-0.05, 0) is 24.1 Å². The fourth-order valence-electron chi connectivity index (χ4n) is 2.03. The average Bonchev–Trinajstić information content (AvgIpc) is 2.43. The highest BCUT2D eigenvalue weighted by atomic mass is 16.4. The van der Waals surface area contributed by atoms with Crippen LogP contribution in [0.5, 0.6) is 0 Å². The van der Waals surface area contributed by atoms with Crippen LogP contribution in [0.1, 0.15) is 31.8 Å². The van der Waals surface area contributed by atoms with Crippen LogP contribution in [-0.4, -0.2) is 34.8 Å². The van der Waals surface area contributed by atoms with Crippen molar-refractivity contribution < 1.29 is 19.5 Å². The van der Waals surface area contributed by atoms with Crippen molar-refractivity contribution in [3.05, 3.63) is 34.4 Å². The Morgan fingerprint density at radius 1 is 1.29 bits per heavy atom. The van der Waals surface area contributed by atoms with Gasteiger partial charge in [0.05, 0.1) is 17.5 Å². The Hall–Kier alpha value is -2.17. The molecule has 1 aromatic carbocycles. The lowest BCUT2D eigenvalue weighted by Gasteiger charge is -2.05. The third-order valence-electron chi connectivity index (χ3n) is 2.76. The number of carboxylic acids is 1. The van der Waals surface area contributed by atoms with Gasteiger partial charge in [0.15, 0.2) is 0 Å². The number of carbonyl (C=O) groups excluding carboxylic acids is 2. The highest BCUT2D eigenvalue weighted by molar-refractivity contribution is 6.22. The van der Waals surface area contributed by atoms with Crippen molar-refractivity contribution in [2.75, 3.05) is 7.05 Å². The van der Waals surface area contributed by atoms with E-state index in [0.29, 0.717) is 11.1 Å². The number of aryl methyl sites for hydroxylation is 1. The largest absolute Gasteiger partial charge is 0.481 e. The first-order valence-corrected chi connectivity index (χ1v) is 5.09. The number of fused-ring (bicyclic) bond motifs is 1. The molecular weight excluding hydrogens is 222 g/mol. The smallest absolute Gasteiger partial charge is 0.307 e. The number of carbonyl (C=O) groups is 3. The van der Waals surface area contributed by atoms with Crippen LogP contribution in [0.2, 0.25) is 0 Å². The highest BCUT2D eigenvalue weighted by Crippen LogP contribution is 2.26. The van der Waals surface area contributed by atoms with Crippen LogP contribution >= 0.6 is 0 Å². The van der Waals surface area contributed by atoms with E-state index in [1.165, 1.54) is 7.05 Å². The zero-order chi connectivity index (χ0) is 12.7. The Bertz CT molecular complexity index is 548. The Balaban J connectivity index is 2.65. The molecule has 0 saturated carbocycles.